The summed E-state index contributed by atoms with van der Waals surface area (Å²) in [5.74, 6) is -0.322. The van der Waals surface area contributed by atoms with Gasteiger partial charge in [-0.1, -0.05) is 23.2 Å². The molecule has 1 aromatic rings. The van der Waals surface area contributed by atoms with Gasteiger partial charge in [-0.25, -0.2) is 0 Å². The fourth-order valence-corrected chi connectivity index (χ4v) is 1.37. The first kappa shape index (κ1) is 11.8. The van der Waals surface area contributed by atoms with Crippen molar-refractivity contribution in [2.45, 2.75) is 6.42 Å². The molecule has 4 nitrogen and oxygen atoms in total. The average molecular weight is 247 g/mol. The number of nitrogens with zero attached hydrogens (tertiary/aromatic N) is 1. The van der Waals surface area contributed by atoms with E-state index >= 15 is 0 Å². The van der Waals surface area contributed by atoms with Crippen LogP contribution >= 0.6 is 23.2 Å². The first-order valence-corrected chi connectivity index (χ1v) is 4.80. The molecule has 0 heterocycles. The molecule has 0 aromatic heterocycles. The number of amides is 1. The highest BCUT2D eigenvalue weighted by Crippen LogP contribution is 2.25. The van der Waals surface area contributed by atoms with E-state index in [1.807, 2.05) is 0 Å². The molecule has 0 fully saturated rings. The standard InChI is InChI=1S/C9H8Cl2N2O2/c10-6-1-2-8(7(11)5-6)13-9(14)3-4-12-15/h1-2,4-5,15H,3H2,(H,13,14)/b12-4+. The molecule has 15 heavy (non-hydrogen) atoms. The summed E-state index contributed by atoms with van der Waals surface area (Å²) in [6.45, 7) is 0. The van der Waals surface area contributed by atoms with Crippen LogP contribution < -0.4 is 5.32 Å². The number of rotatable bonds is 3. The molecule has 1 amide bonds. The minimum Gasteiger partial charge on any atom is -0.411 e. The molecule has 0 radical (unpaired) electrons. The van der Waals surface area contributed by atoms with E-state index in [1.165, 1.54) is 6.07 Å². The summed E-state index contributed by atoms with van der Waals surface area (Å²) in [5, 5.41) is 14.2. The second kappa shape index (κ2) is 5.58. The Bertz CT molecular complexity index is 394. The maximum atomic E-state index is 11.2. The van der Waals surface area contributed by atoms with Gasteiger partial charge in [-0.2, -0.15) is 0 Å². The fourth-order valence-electron chi connectivity index (χ4n) is 0.916. The summed E-state index contributed by atoms with van der Waals surface area (Å²) in [7, 11) is 0. The molecule has 0 aliphatic carbocycles. The minimum atomic E-state index is -0.322. The molecule has 2 N–H and O–H groups in total. The second-order valence-electron chi connectivity index (χ2n) is 2.67. The molecule has 80 valence electrons. The molecular formula is C9H8Cl2N2O2. The molecule has 0 aliphatic heterocycles. The summed E-state index contributed by atoms with van der Waals surface area (Å²) < 4.78 is 0. The van der Waals surface area contributed by atoms with Crippen molar-refractivity contribution in [1.82, 2.24) is 0 Å². The minimum absolute atomic E-state index is 0.0184. The van der Waals surface area contributed by atoms with E-state index in [9.17, 15) is 4.79 Å². The van der Waals surface area contributed by atoms with Crippen molar-refractivity contribution in [2.24, 2.45) is 5.16 Å². The molecule has 0 saturated heterocycles. The summed E-state index contributed by atoms with van der Waals surface area (Å²) in [6.07, 6.45) is 1.06. The third-order valence-electron chi connectivity index (χ3n) is 1.56. The van der Waals surface area contributed by atoms with E-state index < -0.39 is 0 Å². The van der Waals surface area contributed by atoms with Crippen LogP contribution in [0, 0.1) is 0 Å². The smallest absolute Gasteiger partial charge is 0.229 e. The van der Waals surface area contributed by atoms with Crippen LogP contribution in [-0.4, -0.2) is 17.3 Å². The largest absolute Gasteiger partial charge is 0.411 e. The monoisotopic (exact) mass is 246 g/mol. The van der Waals surface area contributed by atoms with Crippen molar-refractivity contribution >= 4 is 41.0 Å². The average Bonchev–Trinajstić information content (AvgIpc) is 2.19. The van der Waals surface area contributed by atoms with E-state index in [1.54, 1.807) is 12.1 Å². The van der Waals surface area contributed by atoms with E-state index in [2.05, 4.69) is 10.5 Å². The SMILES string of the molecule is O=C(C/C=N/O)Nc1ccc(Cl)cc1Cl. The van der Waals surface area contributed by atoms with E-state index in [0.29, 0.717) is 15.7 Å². The Morgan fingerprint density at radius 3 is 2.87 bits per heavy atom. The highest BCUT2D eigenvalue weighted by molar-refractivity contribution is 6.36. The highest BCUT2D eigenvalue weighted by atomic mass is 35.5. The topological polar surface area (TPSA) is 61.7 Å². The van der Waals surface area contributed by atoms with Crippen LogP contribution in [0.5, 0.6) is 0 Å². The normalized spacial score (nSPS) is 10.5. The Labute approximate surface area is 96.5 Å². The molecule has 0 spiro atoms. The van der Waals surface area contributed by atoms with Crippen molar-refractivity contribution in [2.75, 3.05) is 5.32 Å². The summed E-state index contributed by atoms with van der Waals surface area (Å²) >= 11 is 11.5. The molecular weight excluding hydrogens is 239 g/mol. The van der Waals surface area contributed by atoms with Crippen molar-refractivity contribution in [3.05, 3.63) is 28.2 Å². The Morgan fingerprint density at radius 1 is 1.53 bits per heavy atom. The number of carbonyl (C=O) groups excluding carboxylic acids is 1. The Morgan fingerprint density at radius 2 is 2.27 bits per heavy atom. The predicted octanol–water partition coefficient (Wildman–Crippen LogP) is 2.78. The zero-order chi connectivity index (χ0) is 11.3. The number of hydrogen-bond acceptors (Lipinski definition) is 3. The molecule has 0 atom stereocenters. The number of carbonyl (C=O) groups is 1. The van der Waals surface area contributed by atoms with Gasteiger partial charge >= 0.3 is 0 Å². The van der Waals surface area contributed by atoms with Gasteiger partial charge in [0.05, 0.1) is 23.3 Å². The lowest BCUT2D eigenvalue weighted by Gasteiger charge is -2.05. The third-order valence-corrected chi connectivity index (χ3v) is 2.11. The second-order valence-corrected chi connectivity index (χ2v) is 3.52. The summed E-state index contributed by atoms with van der Waals surface area (Å²) in [5.41, 5.74) is 0.470. The number of oxime groups is 1. The lowest BCUT2D eigenvalue weighted by molar-refractivity contribution is -0.115. The van der Waals surface area contributed by atoms with Crippen molar-refractivity contribution < 1.29 is 10.0 Å². The number of halogens is 2. The number of anilines is 1. The van der Waals surface area contributed by atoms with Crippen LogP contribution in [0.25, 0.3) is 0 Å². The van der Waals surface area contributed by atoms with Crippen molar-refractivity contribution in [1.29, 1.82) is 0 Å². The van der Waals surface area contributed by atoms with Gasteiger partial charge in [-0.15, -0.1) is 5.16 Å². The van der Waals surface area contributed by atoms with Gasteiger partial charge in [0.15, 0.2) is 0 Å². The molecule has 1 aromatic carbocycles. The molecule has 0 aliphatic rings. The quantitative estimate of drug-likeness (QED) is 0.490. The van der Waals surface area contributed by atoms with Gasteiger partial charge in [-0.3, -0.25) is 4.79 Å². The van der Waals surface area contributed by atoms with Crippen LogP contribution in [0.1, 0.15) is 6.42 Å². The molecule has 0 saturated carbocycles. The molecule has 6 heteroatoms. The van der Waals surface area contributed by atoms with Crippen LogP contribution in [-0.2, 0) is 4.79 Å². The summed E-state index contributed by atoms with van der Waals surface area (Å²) in [6, 6.07) is 4.74. The van der Waals surface area contributed by atoms with Crippen LogP contribution in [0.3, 0.4) is 0 Å². The lowest BCUT2D eigenvalue weighted by Crippen LogP contribution is -2.11. The van der Waals surface area contributed by atoms with Gasteiger partial charge in [-0.05, 0) is 18.2 Å². The van der Waals surface area contributed by atoms with E-state index in [-0.39, 0.29) is 12.3 Å². The molecule has 1 rings (SSSR count). The van der Waals surface area contributed by atoms with Gasteiger partial charge < -0.3 is 10.5 Å². The van der Waals surface area contributed by atoms with Crippen molar-refractivity contribution in [3.8, 4) is 0 Å². The van der Waals surface area contributed by atoms with Crippen LogP contribution in [0.15, 0.2) is 23.4 Å². The van der Waals surface area contributed by atoms with Gasteiger partial charge in [0.1, 0.15) is 0 Å². The first-order valence-electron chi connectivity index (χ1n) is 4.04. The van der Waals surface area contributed by atoms with Gasteiger partial charge in [0.2, 0.25) is 5.91 Å². The van der Waals surface area contributed by atoms with Gasteiger partial charge in [0.25, 0.3) is 0 Å². The fraction of sp³-hybridized carbons (Fsp3) is 0.111. The zero-order valence-electron chi connectivity index (χ0n) is 7.58. The highest BCUT2D eigenvalue weighted by Gasteiger charge is 2.04. The van der Waals surface area contributed by atoms with Crippen LogP contribution in [0.4, 0.5) is 5.69 Å². The third kappa shape index (κ3) is 3.77. The van der Waals surface area contributed by atoms with E-state index in [4.69, 9.17) is 28.4 Å². The van der Waals surface area contributed by atoms with Crippen molar-refractivity contribution in [3.63, 3.8) is 0 Å². The molecule has 0 bridgehead atoms. The Kier molecular flexibility index (Phi) is 4.39. The van der Waals surface area contributed by atoms with Crippen LogP contribution in [0.2, 0.25) is 10.0 Å². The number of nitrogens with one attached hydrogen (secondary N) is 1. The van der Waals surface area contributed by atoms with Gasteiger partial charge in [0, 0.05) is 5.02 Å². The number of benzene rings is 1. The molecule has 0 unspecified atom stereocenters. The first-order chi connectivity index (χ1) is 7.13. The maximum Gasteiger partial charge on any atom is 0.229 e. The summed E-state index contributed by atoms with van der Waals surface area (Å²) in [4.78, 5) is 11.2. The zero-order valence-corrected chi connectivity index (χ0v) is 9.09. The Balaban J connectivity index is 2.68. The Hall–Kier alpha value is -1.26. The van der Waals surface area contributed by atoms with E-state index in [0.717, 1.165) is 6.21 Å². The lowest BCUT2D eigenvalue weighted by atomic mass is 10.3. The maximum absolute atomic E-state index is 11.2. The predicted molar refractivity (Wildman–Crippen MR) is 60.0 cm³/mol. The number of hydrogen-bond donors (Lipinski definition) is 2.